The fourth-order valence-corrected chi connectivity index (χ4v) is 4.82. The number of fused-ring (bicyclic) bond motifs is 1. The summed E-state index contributed by atoms with van der Waals surface area (Å²) in [6.45, 7) is 1.64. The lowest BCUT2D eigenvalue weighted by atomic mass is 10.1. The average molecular weight is 443 g/mol. The third-order valence-corrected chi connectivity index (χ3v) is 6.69. The molecule has 0 saturated carbocycles. The summed E-state index contributed by atoms with van der Waals surface area (Å²) < 4.78 is 20.2. The Balaban J connectivity index is 1.47. The highest BCUT2D eigenvalue weighted by Crippen LogP contribution is 2.36. The van der Waals surface area contributed by atoms with Crippen LogP contribution >= 0.6 is 11.3 Å². The molecule has 0 unspecified atom stereocenters. The number of amides is 2. The Morgan fingerprint density at radius 1 is 1.48 bits per heavy atom. The van der Waals surface area contributed by atoms with Crippen molar-refractivity contribution in [1.29, 1.82) is 5.26 Å². The number of nitrogens with zero attached hydrogens (tertiary/aromatic N) is 2. The Labute approximate surface area is 183 Å². The second-order valence-electron chi connectivity index (χ2n) is 7.67. The lowest BCUT2D eigenvalue weighted by molar-refractivity contribution is -0.132. The highest BCUT2D eigenvalue weighted by Gasteiger charge is 2.26. The minimum atomic E-state index is -0.857. The molecule has 1 saturated heterocycles. The van der Waals surface area contributed by atoms with Gasteiger partial charge < -0.3 is 20.3 Å². The van der Waals surface area contributed by atoms with Crippen molar-refractivity contribution in [2.75, 3.05) is 31.6 Å². The Morgan fingerprint density at radius 2 is 2.32 bits per heavy atom. The number of likely N-dealkylation sites (N-methyl/N-ethyl adjacent to an activating group) is 1. The Bertz CT molecular complexity index is 1040. The summed E-state index contributed by atoms with van der Waals surface area (Å²) in [5.74, 6) is -0.748. The number of anilines is 1. The smallest absolute Gasteiger partial charge is 0.251 e. The molecule has 3 heterocycles. The van der Waals surface area contributed by atoms with E-state index in [0.29, 0.717) is 29.3 Å². The lowest BCUT2D eigenvalue weighted by Gasteiger charge is -2.17. The van der Waals surface area contributed by atoms with Crippen molar-refractivity contribution in [3.8, 4) is 16.5 Å². The predicted octanol–water partition coefficient (Wildman–Crippen LogP) is 2.00. The minimum Gasteiger partial charge on any atom is -0.367 e. The summed E-state index contributed by atoms with van der Waals surface area (Å²) in [4.78, 5) is 27.1. The average Bonchev–Trinajstić information content (AvgIpc) is 3.11. The van der Waals surface area contributed by atoms with E-state index in [2.05, 4.69) is 10.6 Å². The number of hydrogen-bond donors (Lipinski definition) is 2. The molecule has 1 aromatic carbocycles. The van der Waals surface area contributed by atoms with Gasteiger partial charge in [-0.15, -0.1) is 11.3 Å². The highest BCUT2D eigenvalue weighted by molar-refractivity contribution is 7.15. The van der Waals surface area contributed by atoms with Crippen LogP contribution in [0.1, 0.15) is 16.9 Å². The standard InChI is InChI=1S/C22H23FN4O3S/c1-27-17-7-14(4-3-13(17)8-21(27)28)19-10-16(23)20(31-19)9-15(11-24)26-22(29)18-12-25-5-2-6-30-18/h3-4,7,10,15,18,25H,2,5-6,8-9,12H2,1H3,(H,26,29)/t15-,18-/m0/s1. The number of ether oxygens (including phenoxy) is 1. The topological polar surface area (TPSA) is 94.5 Å². The molecule has 31 heavy (non-hydrogen) atoms. The van der Waals surface area contributed by atoms with Crippen molar-refractivity contribution in [1.82, 2.24) is 10.6 Å². The molecule has 0 aliphatic carbocycles. The highest BCUT2D eigenvalue weighted by atomic mass is 32.1. The number of rotatable bonds is 5. The van der Waals surface area contributed by atoms with Crippen LogP contribution in [0.5, 0.6) is 0 Å². The molecule has 0 radical (unpaired) electrons. The molecular formula is C22H23FN4O3S. The zero-order valence-corrected chi connectivity index (χ0v) is 17.9. The number of hydrogen-bond acceptors (Lipinski definition) is 6. The van der Waals surface area contributed by atoms with Gasteiger partial charge in [-0.25, -0.2) is 4.39 Å². The first kappa shape index (κ1) is 21.4. The van der Waals surface area contributed by atoms with Crippen molar-refractivity contribution in [3.05, 3.63) is 40.5 Å². The van der Waals surface area contributed by atoms with Crippen LogP contribution in [-0.4, -0.2) is 50.7 Å². The minimum absolute atomic E-state index is 0.0330. The van der Waals surface area contributed by atoms with E-state index in [-0.39, 0.29) is 18.2 Å². The van der Waals surface area contributed by atoms with Crippen LogP contribution in [0.3, 0.4) is 0 Å². The molecule has 1 fully saturated rings. The summed E-state index contributed by atoms with van der Waals surface area (Å²) in [7, 11) is 1.73. The van der Waals surface area contributed by atoms with Gasteiger partial charge in [0.2, 0.25) is 5.91 Å². The Kier molecular flexibility index (Phi) is 6.32. The van der Waals surface area contributed by atoms with Crippen molar-refractivity contribution >= 4 is 28.8 Å². The van der Waals surface area contributed by atoms with Gasteiger partial charge in [-0.3, -0.25) is 9.59 Å². The van der Waals surface area contributed by atoms with Gasteiger partial charge in [0.05, 0.1) is 12.5 Å². The molecule has 162 valence electrons. The molecule has 2 aromatic rings. The molecule has 4 rings (SSSR count). The van der Waals surface area contributed by atoms with Crippen molar-refractivity contribution in [3.63, 3.8) is 0 Å². The van der Waals surface area contributed by atoms with Gasteiger partial charge >= 0.3 is 0 Å². The van der Waals surface area contributed by atoms with Crippen LogP contribution in [0, 0.1) is 17.1 Å². The molecule has 2 N–H and O–H groups in total. The SMILES string of the molecule is CN1C(=O)Cc2ccc(-c3cc(F)c(C[C@@H](C#N)NC(=O)[C@@H]4CNCCCO4)s3)cc21. The van der Waals surface area contributed by atoms with E-state index < -0.39 is 18.0 Å². The van der Waals surface area contributed by atoms with Crippen LogP contribution in [0.25, 0.3) is 10.4 Å². The third-order valence-electron chi connectivity index (χ3n) is 5.51. The molecule has 2 aliphatic heterocycles. The first-order valence-corrected chi connectivity index (χ1v) is 11.0. The second kappa shape index (κ2) is 9.14. The molecule has 1 aromatic heterocycles. The largest absolute Gasteiger partial charge is 0.367 e. The quantitative estimate of drug-likeness (QED) is 0.739. The van der Waals surface area contributed by atoms with E-state index in [9.17, 15) is 19.2 Å². The zero-order valence-electron chi connectivity index (χ0n) is 17.1. The Morgan fingerprint density at radius 3 is 3.13 bits per heavy atom. The van der Waals surface area contributed by atoms with E-state index in [0.717, 1.165) is 29.8 Å². The maximum Gasteiger partial charge on any atom is 0.251 e. The van der Waals surface area contributed by atoms with Gasteiger partial charge in [0.1, 0.15) is 18.0 Å². The number of carbonyl (C=O) groups is 2. The van der Waals surface area contributed by atoms with Crippen molar-refractivity contribution < 1.29 is 18.7 Å². The van der Waals surface area contributed by atoms with Crippen LogP contribution in [-0.2, 0) is 27.2 Å². The molecule has 2 amide bonds. The van der Waals surface area contributed by atoms with E-state index in [1.165, 1.54) is 17.4 Å². The van der Waals surface area contributed by atoms with Crippen molar-refractivity contribution in [2.24, 2.45) is 0 Å². The fraction of sp³-hybridized carbons (Fsp3) is 0.409. The normalized spacial score (nSPS) is 19.5. The van der Waals surface area contributed by atoms with Gasteiger partial charge in [-0.1, -0.05) is 12.1 Å². The van der Waals surface area contributed by atoms with Crippen LogP contribution in [0.15, 0.2) is 24.3 Å². The number of nitrogens with one attached hydrogen (secondary N) is 2. The van der Waals surface area contributed by atoms with Crippen LogP contribution < -0.4 is 15.5 Å². The number of halogens is 1. The summed E-state index contributed by atoms with van der Waals surface area (Å²) in [6.07, 6.45) is 0.608. The van der Waals surface area contributed by atoms with E-state index >= 15 is 0 Å². The molecule has 9 heteroatoms. The molecule has 0 spiro atoms. The number of thiophene rings is 1. The number of carbonyl (C=O) groups excluding carboxylic acids is 2. The maximum absolute atomic E-state index is 14.6. The monoisotopic (exact) mass is 442 g/mol. The van der Waals surface area contributed by atoms with Gasteiger partial charge in [-0.05, 0) is 36.2 Å². The summed E-state index contributed by atoms with van der Waals surface area (Å²) in [5.41, 5.74) is 2.60. The molecule has 2 aliphatic rings. The van der Waals surface area contributed by atoms with Gasteiger partial charge in [0.15, 0.2) is 0 Å². The van der Waals surface area contributed by atoms with E-state index in [1.807, 2.05) is 24.3 Å². The van der Waals surface area contributed by atoms with Crippen molar-refractivity contribution in [2.45, 2.75) is 31.4 Å². The van der Waals surface area contributed by atoms with Gasteiger partial charge in [0, 0.05) is 42.1 Å². The predicted molar refractivity (Wildman–Crippen MR) is 115 cm³/mol. The summed E-state index contributed by atoms with van der Waals surface area (Å²) in [5, 5.41) is 15.3. The van der Waals surface area contributed by atoms with Gasteiger partial charge in [0.25, 0.3) is 5.91 Å². The molecule has 0 bridgehead atoms. The first-order valence-electron chi connectivity index (χ1n) is 10.2. The fourth-order valence-electron chi connectivity index (χ4n) is 3.74. The number of benzene rings is 1. The summed E-state index contributed by atoms with van der Waals surface area (Å²) >= 11 is 1.25. The van der Waals surface area contributed by atoms with E-state index in [1.54, 1.807) is 11.9 Å². The van der Waals surface area contributed by atoms with Gasteiger partial charge in [-0.2, -0.15) is 5.26 Å². The zero-order chi connectivity index (χ0) is 22.0. The van der Waals surface area contributed by atoms with Crippen LogP contribution in [0.2, 0.25) is 0 Å². The van der Waals surface area contributed by atoms with Crippen LogP contribution in [0.4, 0.5) is 10.1 Å². The lowest BCUT2D eigenvalue weighted by Crippen LogP contribution is -2.46. The number of nitriles is 1. The molecule has 7 nitrogen and oxygen atoms in total. The molecular weight excluding hydrogens is 419 g/mol. The summed E-state index contributed by atoms with van der Waals surface area (Å²) in [6, 6.07) is 8.28. The first-order chi connectivity index (χ1) is 15.0. The second-order valence-corrected chi connectivity index (χ2v) is 8.80. The maximum atomic E-state index is 14.6. The van der Waals surface area contributed by atoms with E-state index in [4.69, 9.17) is 4.74 Å². The third kappa shape index (κ3) is 4.61. The molecule has 2 atom stereocenters. The Hall–Kier alpha value is -2.80.